The number of nitrogens with zero attached hydrogens (tertiary/aromatic N) is 1. The van der Waals surface area contributed by atoms with Crippen molar-refractivity contribution >= 4 is 17.3 Å². The molecule has 1 aliphatic heterocycles. The monoisotopic (exact) mass is 356 g/mol. The molecule has 4 rings (SSSR count). The molecule has 1 aliphatic rings. The minimum absolute atomic E-state index is 0.0272. The van der Waals surface area contributed by atoms with Gasteiger partial charge in [-0.25, -0.2) is 0 Å². The minimum Gasteiger partial charge on any atom is -0.360 e. The molecule has 0 spiro atoms. The van der Waals surface area contributed by atoms with Gasteiger partial charge in [-0.3, -0.25) is 9.69 Å². The smallest absolute Gasteiger partial charge is 0.262 e. The Kier molecular flexibility index (Phi) is 4.23. The zero-order valence-corrected chi connectivity index (χ0v) is 16.2. The van der Waals surface area contributed by atoms with Crippen molar-refractivity contribution in [2.45, 2.75) is 33.9 Å². The van der Waals surface area contributed by atoms with Gasteiger partial charge < -0.3 is 5.32 Å². The lowest BCUT2D eigenvalue weighted by molar-refractivity contribution is 0.0975. The molecule has 136 valence electrons. The van der Waals surface area contributed by atoms with Crippen LogP contribution in [0.3, 0.4) is 0 Å². The maximum Gasteiger partial charge on any atom is 0.262 e. The molecule has 0 fully saturated rings. The quantitative estimate of drug-likeness (QED) is 0.639. The fourth-order valence-electron chi connectivity index (χ4n) is 4.12. The third-order valence-electron chi connectivity index (χ3n) is 5.22. The summed E-state index contributed by atoms with van der Waals surface area (Å²) >= 11 is 0. The summed E-state index contributed by atoms with van der Waals surface area (Å²) in [5.74, 6) is 0.0272. The van der Waals surface area contributed by atoms with E-state index in [2.05, 4.69) is 57.3 Å². The van der Waals surface area contributed by atoms with Crippen LogP contribution in [0.5, 0.6) is 0 Å². The molecule has 3 aromatic rings. The summed E-state index contributed by atoms with van der Waals surface area (Å²) in [7, 11) is 0. The predicted molar refractivity (Wildman–Crippen MR) is 111 cm³/mol. The maximum atomic E-state index is 13.5. The third-order valence-corrected chi connectivity index (χ3v) is 5.22. The van der Waals surface area contributed by atoms with Gasteiger partial charge in [0.05, 0.1) is 5.56 Å². The van der Waals surface area contributed by atoms with E-state index in [1.807, 2.05) is 41.3 Å². The highest BCUT2D eigenvalue weighted by molar-refractivity contribution is 6.12. The van der Waals surface area contributed by atoms with Gasteiger partial charge >= 0.3 is 0 Å². The van der Waals surface area contributed by atoms with Gasteiger partial charge in [0.25, 0.3) is 5.91 Å². The van der Waals surface area contributed by atoms with Crippen molar-refractivity contribution in [2.24, 2.45) is 0 Å². The van der Waals surface area contributed by atoms with Crippen LogP contribution in [-0.4, -0.2) is 5.91 Å². The number of para-hydroxylation sites is 1. The molecule has 1 N–H and O–H groups in total. The molecule has 27 heavy (non-hydrogen) atoms. The van der Waals surface area contributed by atoms with Crippen LogP contribution in [0.15, 0.2) is 60.7 Å². The summed E-state index contributed by atoms with van der Waals surface area (Å²) in [6.45, 7) is 8.40. The lowest BCUT2D eigenvalue weighted by atomic mass is 9.94. The number of carbonyl (C=O) groups is 1. The number of aryl methyl sites for hydroxylation is 4. The van der Waals surface area contributed by atoms with Gasteiger partial charge in [0.15, 0.2) is 0 Å². The standard InChI is InChI=1S/C24H24N2O/c1-15-8-7-9-19(14-15)26-23(22-17(3)12-16(2)13-18(22)4)25-21-11-6-5-10-20(21)24(26)27/h5-14,23,25H,1-4H3/t23-/m0/s1. The van der Waals surface area contributed by atoms with Crippen LogP contribution in [-0.2, 0) is 0 Å². The third kappa shape index (κ3) is 2.99. The largest absolute Gasteiger partial charge is 0.360 e. The molecule has 3 aromatic carbocycles. The van der Waals surface area contributed by atoms with Crippen LogP contribution in [0.2, 0.25) is 0 Å². The fraction of sp³-hybridized carbons (Fsp3) is 0.208. The highest BCUT2D eigenvalue weighted by Crippen LogP contribution is 2.39. The number of hydrogen-bond donors (Lipinski definition) is 1. The van der Waals surface area contributed by atoms with Crippen molar-refractivity contribution < 1.29 is 4.79 Å². The number of rotatable bonds is 2. The number of anilines is 2. The number of nitrogens with one attached hydrogen (secondary N) is 1. The van der Waals surface area contributed by atoms with E-state index in [1.54, 1.807) is 0 Å². The number of carbonyl (C=O) groups excluding carboxylic acids is 1. The first kappa shape index (κ1) is 17.3. The van der Waals surface area contributed by atoms with E-state index in [9.17, 15) is 4.79 Å². The summed E-state index contributed by atoms with van der Waals surface area (Å²) in [6.07, 6.45) is -0.241. The normalized spacial score (nSPS) is 16.1. The van der Waals surface area contributed by atoms with Gasteiger partial charge in [0.2, 0.25) is 0 Å². The summed E-state index contributed by atoms with van der Waals surface area (Å²) in [5.41, 5.74) is 8.41. The Balaban J connectivity index is 1.94. The molecule has 1 amide bonds. The van der Waals surface area contributed by atoms with Gasteiger partial charge in [0, 0.05) is 16.9 Å². The second kappa shape index (κ2) is 6.58. The lowest BCUT2D eigenvalue weighted by Crippen LogP contribution is -2.43. The molecule has 0 saturated heterocycles. The predicted octanol–water partition coefficient (Wildman–Crippen LogP) is 5.69. The van der Waals surface area contributed by atoms with Crippen LogP contribution in [0, 0.1) is 27.7 Å². The number of hydrogen-bond acceptors (Lipinski definition) is 2. The average molecular weight is 356 g/mol. The molecule has 1 heterocycles. The maximum absolute atomic E-state index is 13.5. The Morgan fingerprint density at radius 3 is 2.22 bits per heavy atom. The molecular formula is C24H24N2O. The summed E-state index contributed by atoms with van der Waals surface area (Å²) in [6, 6.07) is 20.2. The zero-order chi connectivity index (χ0) is 19.1. The molecule has 0 aromatic heterocycles. The van der Waals surface area contributed by atoms with E-state index in [1.165, 1.54) is 16.7 Å². The first-order valence-corrected chi connectivity index (χ1v) is 9.29. The average Bonchev–Trinajstić information content (AvgIpc) is 2.61. The van der Waals surface area contributed by atoms with Crippen molar-refractivity contribution in [3.63, 3.8) is 0 Å². The van der Waals surface area contributed by atoms with Crippen molar-refractivity contribution in [3.8, 4) is 0 Å². The SMILES string of the molecule is Cc1cccc(N2C(=O)c3ccccc3N[C@@H]2c2c(C)cc(C)cc2C)c1. The van der Waals surface area contributed by atoms with Gasteiger partial charge in [-0.2, -0.15) is 0 Å². The molecule has 1 atom stereocenters. The Morgan fingerprint density at radius 2 is 1.52 bits per heavy atom. The highest BCUT2D eigenvalue weighted by Gasteiger charge is 2.35. The van der Waals surface area contributed by atoms with E-state index in [0.717, 1.165) is 22.5 Å². The summed E-state index contributed by atoms with van der Waals surface area (Å²) < 4.78 is 0. The minimum atomic E-state index is -0.241. The topological polar surface area (TPSA) is 32.3 Å². The second-order valence-corrected chi connectivity index (χ2v) is 7.42. The van der Waals surface area contributed by atoms with Crippen molar-refractivity contribution in [1.82, 2.24) is 0 Å². The van der Waals surface area contributed by atoms with Crippen molar-refractivity contribution in [3.05, 3.63) is 94.0 Å². The summed E-state index contributed by atoms with van der Waals surface area (Å²) in [5, 5.41) is 3.62. The lowest BCUT2D eigenvalue weighted by Gasteiger charge is -2.39. The summed E-state index contributed by atoms with van der Waals surface area (Å²) in [4.78, 5) is 15.4. The van der Waals surface area contributed by atoms with E-state index in [0.29, 0.717) is 5.56 Å². The van der Waals surface area contributed by atoms with Crippen LogP contribution >= 0.6 is 0 Å². The van der Waals surface area contributed by atoms with E-state index >= 15 is 0 Å². The van der Waals surface area contributed by atoms with Crippen molar-refractivity contribution in [2.75, 3.05) is 10.2 Å². The molecule has 0 bridgehead atoms. The molecule has 3 nitrogen and oxygen atoms in total. The molecule has 0 radical (unpaired) electrons. The van der Waals surface area contributed by atoms with Gasteiger partial charge in [-0.1, -0.05) is 42.0 Å². The van der Waals surface area contributed by atoms with E-state index in [4.69, 9.17) is 0 Å². The Morgan fingerprint density at radius 1 is 0.815 bits per heavy atom. The van der Waals surface area contributed by atoms with Gasteiger partial charge in [-0.15, -0.1) is 0 Å². The number of fused-ring (bicyclic) bond motifs is 1. The second-order valence-electron chi connectivity index (χ2n) is 7.42. The Labute approximate surface area is 160 Å². The van der Waals surface area contributed by atoms with Gasteiger partial charge in [0.1, 0.15) is 6.17 Å². The first-order valence-electron chi connectivity index (χ1n) is 9.29. The van der Waals surface area contributed by atoms with E-state index in [-0.39, 0.29) is 12.1 Å². The van der Waals surface area contributed by atoms with E-state index < -0.39 is 0 Å². The van der Waals surface area contributed by atoms with Crippen LogP contribution in [0.4, 0.5) is 11.4 Å². The molecule has 0 unspecified atom stereocenters. The molecule has 0 saturated carbocycles. The van der Waals surface area contributed by atoms with Crippen LogP contribution in [0.1, 0.15) is 44.3 Å². The van der Waals surface area contributed by atoms with Gasteiger partial charge in [-0.05, 0) is 68.7 Å². The Hall–Kier alpha value is -3.07. The molecule has 3 heteroatoms. The number of benzene rings is 3. The van der Waals surface area contributed by atoms with Crippen molar-refractivity contribution in [1.29, 1.82) is 0 Å². The zero-order valence-electron chi connectivity index (χ0n) is 16.2. The Bertz CT molecular complexity index is 1020. The molecule has 0 aliphatic carbocycles. The van der Waals surface area contributed by atoms with Crippen LogP contribution < -0.4 is 10.2 Å². The fourth-order valence-corrected chi connectivity index (χ4v) is 4.12. The first-order chi connectivity index (χ1) is 13.0. The molecular weight excluding hydrogens is 332 g/mol. The number of amides is 1. The highest BCUT2D eigenvalue weighted by atomic mass is 16.2. The van der Waals surface area contributed by atoms with Crippen LogP contribution in [0.25, 0.3) is 0 Å².